The van der Waals surface area contributed by atoms with Crippen LogP contribution in [0.2, 0.25) is 0 Å². The van der Waals surface area contributed by atoms with Gasteiger partial charge in [-0.1, -0.05) is 26.0 Å². The molecule has 2 amide bonds. The predicted octanol–water partition coefficient (Wildman–Crippen LogP) is 2.84. The molecular formula is C17H24N2O2. The molecule has 0 radical (unpaired) electrons. The van der Waals surface area contributed by atoms with E-state index < -0.39 is 0 Å². The van der Waals surface area contributed by atoms with Crippen molar-refractivity contribution in [3.8, 4) is 0 Å². The van der Waals surface area contributed by atoms with Gasteiger partial charge < -0.3 is 10.2 Å². The average molecular weight is 288 g/mol. The van der Waals surface area contributed by atoms with E-state index in [1.807, 2.05) is 43.0 Å². The van der Waals surface area contributed by atoms with Gasteiger partial charge >= 0.3 is 0 Å². The first-order valence-corrected chi connectivity index (χ1v) is 7.74. The minimum absolute atomic E-state index is 0.00661. The number of amides is 2. The zero-order valence-electron chi connectivity index (χ0n) is 12.9. The lowest BCUT2D eigenvalue weighted by Crippen LogP contribution is -2.36. The highest BCUT2D eigenvalue weighted by Crippen LogP contribution is 2.14. The van der Waals surface area contributed by atoms with Crippen molar-refractivity contribution in [3.63, 3.8) is 0 Å². The van der Waals surface area contributed by atoms with Gasteiger partial charge in [-0.2, -0.15) is 0 Å². The van der Waals surface area contributed by atoms with Crippen molar-refractivity contribution in [2.45, 2.75) is 39.5 Å². The lowest BCUT2D eigenvalue weighted by molar-refractivity contribution is -0.131. The van der Waals surface area contributed by atoms with E-state index in [0.717, 1.165) is 37.2 Å². The van der Waals surface area contributed by atoms with Gasteiger partial charge in [-0.15, -0.1) is 0 Å². The zero-order chi connectivity index (χ0) is 15.2. The van der Waals surface area contributed by atoms with Crippen molar-refractivity contribution < 1.29 is 9.59 Å². The van der Waals surface area contributed by atoms with Crippen molar-refractivity contribution >= 4 is 17.5 Å². The first kappa shape index (κ1) is 15.5. The molecule has 1 heterocycles. The summed E-state index contributed by atoms with van der Waals surface area (Å²) in [6.45, 7) is 5.50. The van der Waals surface area contributed by atoms with Gasteiger partial charge in [-0.25, -0.2) is 0 Å². The summed E-state index contributed by atoms with van der Waals surface area (Å²) in [7, 11) is 0. The molecule has 21 heavy (non-hydrogen) atoms. The summed E-state index contributed by atoms with van der Waals surface area (Å²) in [6.07, 6.45) is 3.91. The van der Waals surface area contributed by atoms with E-state index in [1.165, 1.54) is 6.42 Å². The van der Waals surface area contributed by atoms with Crippen LogP contribution in [0.4, 0.5) is 5.69 Å². The summed E-state index contributed by atoms with van der Waals surface area (Å²) in [5.74, 6) is 0.172. The highest BCUT2D eigenvalue weighted by atomic mass is 16.2. The van der Waals surface area contributed by atoms with Gasteiger partial charge in [-0.05, 0) is 37.0 Å². The molecular weight excluding hydrogens is 264 g/mol. The highest BCUT2D eigenvalue weighted by molar-refractivity contribution is 5.92. The molecule has 0 aromatic heterocycles. The maximum absolute atomic E-state index is 12.2. The van der Waals surface area contributed by atoms with Crippen LogP contribution in [0.1, 0.15) is 38.7 Å². The molecule has 0 aliphatic carbocycles. The van der Waals surface area contributed by atoms with E-state index in [0.29, 0.717) is 6.42 Å². The molecule has 4 nitrogen and oxygen atoms in total. The Morgan fingerprint density at radius 3 is 2.29 bits per heavy atom. The Bertz CT molecular complexity index is 488. The second-order valence-electron chi connectivity index (χ2n) is 5.96. The van der Waals surface area contributed by atoms with Crippen LogP contribution in [-0.2, 0) is 16.0 Å². The Morgan fingerprint density at radius 2 is 1.71 bits per heavy atom. The summed E-state index contributed by atoms with van der Waals surface area (Å²) in [5.41, 5.74) is 1.77. The van der Waals surface area contributed by atoms with E-state index >= 15 is 0 Å². The number of nitrogens with zero attached hydrogens (tertiary/aromatic N) is 1. The largest absolute Gasteiger partial charge is 0.342 e. The highest BCUT2D eigenvalue weighted by Gasteiger charge is 2.16. The van der Waals surface area contributed by atoms with Crippen LogP contribution in [-0.4, -0.2) is 29.8 Å². The lowest BCUT2D eigenvalue weighted by atomic mass is 10.1. The molecule has 0 saturated carbocycles. The van der Waals surface area contributed by atoms with Gasteiger partial charge in [0, 0.05) is 24.7 Å². The van der Waals surface area contributed by atoms with Crippen LogP contribution in [0.5, 0.6) is 0 Å². The standard InChI is InChI=1S/C17H24N2O2/c1-13(2)17(21)18-15-8-6-14(7-9-15)12-16(20)19-10-4-3-5-11-19/h6-9,13H,3-5,10-12H2,1-2H3,(H,18,21). The maximum Gasteiger partial charge on any atom is 0.226 e. The number of piperidine rings is 1. The number of carbonyl (C=O) groups is 2. The van der Waals surface area contributed by atoms with E-state index in [9.17, 15) is 9.59 Å². The Kier molecular flexibility index (Phi) is 5.37. The van der Waals surface area contributed by atoms with Crippen LogP contribution in [0.15, 0.2) is 24.3 Å². The Hall–Kier alpha value is -1.84. The quantitative estimate of drug-likeness (QED) is 0.926. The molecule has 1 N–H and O–H groups in total. The lowest BCUT2D eigenvalue weighted by Gasteiger charge is -2.26. The predicted molar refractivity (Wildman–Crippen MR) is 84.0 cm³/mol. The number of carbonyl (C=O) groups excluding carboxylic acids is 2. The van der Waals surface area contributed by atoms with Crippen LogP contribution in [0.25, 0.3) is 0 Å². The molecule has 1 aromatic rings. The van der Waals surface area contributed by atoms with Crippen LogP contribution >= 0.6 is 0 Å². The molecule has 0 unspecified atom stereocenters. The second kappa shape index (κ2) is 7.25. The zero-order valence-corrected chi connectivity index (χ0v) is 12.9. The summed E-state index contributed by atoms with van der Waals surface area (Å²) in [5, 5.41) is 2.85. The van der Waals surface area contributed by atoms with E-state index in [1.54, 1.807) is 0 Å². The molecule has 1 saturated heterocycles. The van der Waals surface area contributed by atoms with E-state index in [-0.39, 0.29) is 17.7 Å². The van der Waals surface area contributed by atoms with E-state index in [2.05, 4.69) is 5.32 Å². The molecule has 4 heteroatoms. The number of rotatable bonds is 4. The molecule has 1 aliphatic rings. The minimum atomic E-state index is -0.0367. The van der Waals surface area contributed by atoms with Crippen LogP contribution in [0, 0.1) is 5.92 Å². The van der Waals surface area contributed by atoms with Crippen molar-refractivity contribution in [3.05, 3.63) is 29.8 Å². The van der Waals surface area contributed by atoms with Crippen LogP contribution < -0.4 is 5.32 Å². The van der Waals surface area contributed by atoms with Crippen molar-refractivity contribution in [2.75, 3.05) is 18.4 Å². The monoisotopic (exact) mass is 288 g/mol. The summed E-state index contributed by atoms with van der Waals surface area (Å²) in [4.78, 5) is 25.7. The molecule has 114 valence electrons. The fourth-order valence-corrected chi connectivity index (χ4v) is 2.42. The third-order valence-corrected chi connectivity index (χ3v) is 3.81. The molecule has 1 fully saturated rings. The normalized spacial score (nSPS) is 15.1. The number of benzene rings is 1. The molecule has 2 rings (SSSR count). The first-order chi connectivity index (χ1) is 10.1. The molecule has 0 atom stereocenters. The van der Waals surface area contributed by atoms with Crippen LogP contribution in [0.3, 0.4) is 0 Å². The van der Waals surface area contributed by atoms with Crippen molar-refractivity contribution in [1.82, 2.24) is 4.90 Å². The van der Waals surface area contributed by atoms with E-state index in [4.69, 9.17) is 0 Å². The fourth-order valence-electron chi connectivity index (χ4n) is 2.42. The van der Waals surface area contributed by atoms with Crippen molar-refractivity contribution in [2.24, 2.45) is 5.92 Å². The van der Waals surface area contributed by atoms with Gasteiger partial charge in [0.1, 0.15) is 0 Å². The topological polar surface area (TPSA) is 49.4 Å². The molecule has 0 spiro atoms. The number of hydrogen-bond acceptors (Lipinski definition) is 2. The minimum Gasteiger partial charge on any atom is -0.342 e. The summed E-state index contributed by atoms with van der Waals surface area (Å²) < 4.78 is 0. The van der Waals surface area contributed by atoms with Gasteiger partial charge in [0.15, 0.2) is 0 Å². The number of likely N-dealkylation sites (tertiary alicyclic amines) is 1. The second-order valence-corrected chi connectivity index (χ2v) is 5.96. The summed E-state index contributed by atoms with van der Waals surface area (Å²) >= 11 is 0. The number of nitrogens with one attached hydrogen (secondary N) is 1. The smallest absolute Gasteiger partial charge is 0.226 e. The molecule has 0 bridgehead atoms. The third-order valence-electron chi connectivity index (χ3n) is 3.81. The Labute approximate surface area is 126 Å². The Balaban J connectivity index is 1.89. The Morgan fingerprint density at radius 1 is 1.10 bits per heavy atom. The maximum atomic E-state index is 12.2. The fraction of sp³-hybridized carbons (Fsp3) is 0.529. The average Bonchev–Trinajstić information content (AvgIpc) is 2.50. The van der Waals surface area contributed by atoms with Gasteiger partial charge in [0.2, 0.25) is 11.8 Å². The van der Waals surface area contributed by atoms with Gasteiger partial charge in [0.05, 0.1) is 6.42 Å². The first-order valence-electron chi connectivity index (χ1n) is 7.74. The number of anilines is 1. The molecule has 1 aliphatic heterocycles. The SMILES string of the molecule is CC(C)C(=O)Nc1ccc(CC(=O)N2CCCCC2)cc1. The van der Waals surface area contributed by atoms with Gasteiger partial charge in [0.25, 0.3) is 0 Å². The number of hydrogen-bond donors (Lipinski definition) is 1. The van der Waals surface area contributed by atoms with Gasteiger partial charge in [-0.3, -0.25) is 9.59 Å². The van der Waals surface area contributed by atoms with Crippen molar-refractivity contribution in [1.29, 1.82) is 0 Å². The molecule has 1 aromatic carbocycles. The summed E-state index contributed by atoms with van der Waals surface area (Å²) in [6, 6.07) is 7.55. The third kappa shape index (κ3) is 4.59.